The summed E-state index contributed by atoms with van der Waals surface area (Å²) in [5.41, 5.74) is 7.36. The molecule has 0 saturated carbocycles. The van der Waals surface area contributed by atoms with Crippen molar-refractivity contribution in [1.82, 2.24) is 19.6 Å². The molecule has 0 bridgehead atoms. The van der Waals surface area contributed by atoms with E-state index in [-0.39, 0.29) is 142 Å². The van der Waals surface area contributed by atoms with Crippen LogP contribution in [0, 0.1) is 0 Å². The van der Waals surface area contributed by atoms with Gasteiger partial charge in [0, 0.05) is 124 Å². The van der Waals surface area contributed by atoms with Gasteiger partial charge in [0.2, 0.25) is 25.6 Å². The van der Waals surface area contributed by atoms with Crippen molar-refractivity contribution < 1.29 is 149 Å². The van der Waals surface area contributed by atoms with E-state index in [0.717, 1.165) is 59.0 Å². The Labute approximate surface area is 878 Å². The molecule has 4 amide bonds. The first-order valence-corrected chi connectivity index (χ1v) is 42.8. The largest absolute Gasteiger partial charge is 3.00 e. The second-order valence-corrected chi connectivity index (χ2v) is 31.2. The molecule has 138 heavy (non-hydrogen) atoms. The van der Waals surface area contributed by atoms with E-state index >= 15 is 0 Å². The van der Waals surface area contributed by atoms with Gasteiger partial charge in [-0.2, -0.15) is 0 Å². The van der Waals surface area contributed by atoms with Gasteiger partial charge in [-0.15, -0.1) is 39.6 Å². The Balaban J connectivity index is 0. The first-order chi connectivity index (χ1) is 64.3. The summed E-state index contributed by atoms with van der Waals surface area (Å²) in [6.07, 6.45) is 11.5. The quantitative estimate of drug-likeness (QED) is 0.0250. The van der Waals surface area contributed by atoms with Crippen LogP contribution in [-0.4, -0.2) is 179 Å². The molecule has 0 unspecified atom stereocenters. The molecule has 0 saturated heterocycles. The molecule has 6 atom stereocenters. The minimum absolute atomic E-state index is 0. The summed E-state index contributed by atoms with van der Waals surface area (Å²) in [4.78, 5) is 68.6. The van der Waals surface area contributed by atoms with Gasteiger partial charge in [0.1, 0.15) is 0 Å². The molecule has 0 N–H and O–H groups in total. The summed E-state index contributed by atoms with van der Waals surface area (Å²) in [6.45, 7) is -2.19. The molecule has 0 aromatic heterocycles. The third-order valence-corrected chi connectivity index (χ3v) is 18.5. The summed E-state index contributed by atoms with van der Waals surface area (Å²) < 4.78 is 0. The number of carbonyl (C=O) groups is 4. The van der Waals surface area contributed by atoms with E-state index in [9.17, 15) is 80.5 Å². The SMILES string of the molecule is CN(C)C=O.CN(C)C=O.CN(C)C=O.CN(C)C=O.[Fe+3].[Fe+3].[Fe+3].[Fe+3].[O-]C[C@H](N=Cc1cc(Cl)ccc1[O-])c1ccccc1.[O-]C[C@H](N=Cc1cc(Cl)ccc1[O-])c1ccccc1.[O-]C[C@H](N=Cc1cc(Cl)ccc1[O-])c1ccccc1.[O-]C[C@H](N=Cc1cc(Cl)ccc1[O-])c1ccccc1.[O-]C[C@H](N=Cc1cc(Cl)ccc1[O-])c1ccccc1.[O-]C[C@H](N=Cc1cc(Cl)ccc1[O-])c1ccccc1. The topological polar surface area (TPSA) is 432 Å². The fourth-order valence-electron chi connectivity index (χ4n) is 10.1. The molecule has 0 aliphatic carbocycles. The molecule has 0 aliphatic rings. The van der Waals surface area contributed by atoms with Gasteiger partial charge in [-0.1, -0.05) is 322 Å². The van der Waals surface area contributed by atoms with Crippen LogP contribution in [0.15, 0.2) is 321 Å². The first-order valence-electron chi connectivity index (χ1n) is 40.5. The zero-order chi connectivity index (χ0) is 99.1. The van der Waals surface area contributed by atoms with E-state index in [1.807, 2.05) is 182 Å². The van der Waals surface area contributed by atoms with Crippen molar-refractivity contribution in [2.45, 2.75) is 36.3 Å². The zero-order valence-electron chi connectivity index (χ0n) is 75.9. The van der Waals surface area contributed by atoms with E-state index in [0.29, 0.717) is 63.5 Å². The van der Waals surface area contributed by atoms with Gasteiger partial charge in [0.15, 0.2) is 0 Å². The van der Waals surface area contributed by atoms with E-state index in [1.54, 1.807) is 92.8 Å². The maximum atomic E-state index is 11.6. The van der Waals surface area contributed by atoms with Crippen LogP contribution in [0.5, 0.6) is 34.5 Å². The molecular weight excluding hydrogens is 2060 g/mol. The molecule has 0 fully saturated rings. The van der Waals surface area contributed by atoms with Crippen LogP contribution in [0.3, 0.4) is 0 Å². The van der Waals surface area contributed by atoms with Crippen molar-refractivity contribution in [3.05, 3.63) is 388 Å². The van der Waals surface area contributed by atoms with Crippen molar-refractivity contribution >= 4 is 133 Å². The van der Waals surface area contributed by atoms with Gasteiger partial charge in [-0.05, 0) is 140 Å². The van der Waals surface area contributed by atoms with Crippen LogP contribution in [0.2, 0.25) is 30.1 Å². The summed E-state index contributed by atoms with van der Waals surface area (Å²) in [5.74, 6) is -0.967. The Kier molecular flexibility index (Phi) is 70.9. The molecule has 26 nitrogen and oxygen atoms in total. The third kappa shape index (κ3) is 53.7. The molecule has 4 radical (unpaired) electrons. The number of benzene rings is 12. The van der Waals surface area contributed by atoms with Crippen LogP contribution < -0.4 is 61.3 Å². The maximum absolute atomic E-state index is 11.6. The molecule has 0 heterocycles. The second kappa shape index (κ2) is 75.9. The average Bonchev–Trinajstić information content (AvgIpc) is 0.882. The summed E-state index contributed by atoms with van der Waals surface area (Å²) >= 11 is 34.9. The van der Waals surface area contributed by atoms with Crippen LogP contribution in [0.25, 0.3) is 0 Å². The van der Waals surface area contributed by atoms with Crippen molar-refractivity contribution in [3.63, 3.8) is 0 Å². The number of nitrogens with zero attached hydrogens (tertiary/aromatic N) is 10. The van der Waals surface area contributed by atoms with Crippen molar-refractivity contribution in [2.75, 3.05) is 96.0 Å². The molecule has 36 heteroatoms. The standard InChI is InChI=1S/6C15H13ClNO2.4C3H7NO.4Fe/c6*16-13-6-7-15(19)12(8-13)9-17-14(10-18)11-4-2-1-3-5-11;4*1-4(2)3-5;;;;/h6*1-9,14,19H,10H2;4*3H,1-2H3;;;;/q6*-1;;;;;4*+3/p-6/t6*14-;;;;;;;;/m000000......../s1. The number of halogens is 6. The normalized spacial score (nSPS) is 11.5. The van der Waals surface area contributed by atoms with Crippen LogP contribution in [-0.2, 0) is 87.5 Å². The Hall–Kier alpha value is -11.1. The summed E-state index contributed by atoms with van der Waals surface area (Å²) in [5, 5.41) is 139. The Bertz CT molecular complexity index is 4700. The van der Waals surface area contributed by atoms with Gasteiger partial charge in [0.05, 0.1) is 36.3 Å². The Morgan fingerprint density at radius 3 is 0.420 bits per heavy atom. The predicted octanol–water partition coefficient (Wildman–Crippen LogP) is 10.4. The number of amides is 4. The fraction of sp³-hybridized carbons (Fsp3) is 0.196. The molecule has 12 rings (SSSR count). The van der Waals surface area contributed by atoms with Gasteiger partial charge >= 0.3 is 68.3 Å². The van der Waals surface area contributed by atoms with Crippen molar-refractivity contribution in [3.8, 4) is 34.5 Å². The predicted molar refractivity (Wildman–Crippen MR) is 514 cm³/mol. The number of hydrogen-bond acceptors (Lipinski definition) is 22. The smallest absolute Gasteiger partial charge is 0.872 e. The van der Waals surface area contributed by atoms with Gasteiger partial charge in [0.25, 0.3) is 0 Å². The van der Waals surface area contributed by atoms with Gasteiger partial charge < -0.3 is 80.9 Å². The average molecular weight is 2160 g/mol. The first kappa shape index (κ1) is 129. The Morgan fingerprint density at radius 1 is 0.217 bits per heavy atom. The van der Waals surface area contributed by atoms with Gasteiger partial charge in [-0.25, -0.2) is 0 Å². The monoisotopic (exact) mass is 2150 g/mol. The minimum Gasteiger partial charge on any atom is -0.872 e. The van der Waals surface area contributed by atoms with E-state index in [2.05, 4.69) is 30.0 Å². The fourth-order valence-corrected chi connectivity index (χ4v) is 11.2. The zero-order valence-corrected chi connectivity index (χ0v) is 84.8. The third-order valence-electron chi connectivity index (χ3n) is 17.1. The molecular formula is C102H100Cl6Fe4N10O16. The molecule has 728 valence electrons. The van der Waals surface area contributed by atoms with Crippen molar-refractivity contribution in [2.24, 2.45) is 30.0 Å². The molecule has 0 aliphatic heterocycles. The maximum Gasteiger partial charge on any atom is 3.00 e. The number of carbonyl (C=O) groups excluding carboxylic acids is 4. The number of rotatable bonds is 28. The number of hydrogen-bond donors (Lipinski definition) is 0. The summed E-state index contributed by atoms with van der Waals surface area (Å²) in [7, 11) is 13.5. The van der Waals surface area contributed by atoms with Crippen LogP contribution in [0.1, 0.15) is 103 Å². The molecule has 12 aromatic rings. The van der Waals surface area contributed by atoms with E-state index in [4.69, 9.17) is 69.6 Å². The minimum atomic E-state index is -0.486. The summed E-state index contributed by atoms with van der Waals surface area (Å²) in [6, 6.07) is 79.5. The van der Waals surface area contributed by atoms with Crippen molar-refractivity contribution in [1.29, 1.82) is 0 Å². The molecule has 12 aromatic carbocycles. The molecule has 0 spiro atoms. The Morgan fingerprint density at radius 2 is 0.326 bits per heavy atom. The van der Waals surface area contributed by atoms with Crippen LogP contribution >= 0.6 is 69.6 Å². The second-order valence-electron chi connectivity index (χ2n) is 28.6. The van der Waals surface area contributed by atoms with E-state index in [1.165, 1.54) is 130 Å². The van der Waals surface area contributed by atoms with E-state index < -0.39 is 36.3 Å². The van der Waals surface area contributed by atoms with Gasteiger partial charge in [-0.3, -0.25) is 49.1 Å². The number of aliphatic imine (C=N–C) groups is 6. The van der Waals surface area contributed by atoms with Crippen LogP contribution in [0.4, 0.5) is 0 Å².